The number of nitrogens with two attached hydrogens (primary N) is 2. The number of nitrogen functional groups attached to an aromatic ring is 2. The van der Waals surface area contributed by atoms with Crippen molar-refractivity contribution < 1.29 is 56.7 Å². The van der Waals surface area contributed by atoms with Gasteiger partial charge in [0.05, 0.1) is 32.0 Å². The highest BCUT2D eigenvalue weighted by atomic mass is 31.2. The average Bonchev–Trinajstić information content (AvgIpc) is 4.25. The van der Waals surface area contributed by atoms with Crippen LogP contribution in [0.1, 0.15) is 66.3 Å². The number of benzene rings is 1. The zero-order chi connectivity index (χ0) is 50.4. The smallest absolute Gasteiger partial charge is 0.459 e. The van der Waals surface area contributed by atoms with Gasteiger partial charge in [0, 0.05) is 26.2 Å². The Morgan fingerprint density at radius 1 is 0.873 bits per heavy atom. The van der Waals surface area contributed by atoms with Crippen LogP contribution in [0.5, 0.6) is 5.75 Å². The summed E-state index contributed by atoms with van der Waals surface area (Å²) in [5.41, 5.74) is 7.66. The number of aliphatic hydroxyl groups excluding tert-OH is 3. The molecule has 23 nitrogen and oxygen atoms in total. The highest BCUT2D eigenvalue weighted by molar-refractivity contribution is 7.52. The van der Waals surface area contributed by atoms with Gasteiger partial charge in [-0.2, -0.15) is 25.0 Å². The van der Waals surface area contributed by atoms with E-state index >= 15 is 8.78 Å². The molecule has 71 heavy (non-hydrogen) atoms. The summed E-state index contributed by atoms with van der Waals surface area (Å²) in [6.07, 6.45) is 7.92. The summed E-state index contributed by atoms with van der Waals surface area (Å²) < 4.78 is 75.8. The summed E-state index contributed by atoms with van der Waals surface area (Å²) in [6.45, 7) is 3.53. The van der Waals surface area contributed by atoms with Crippen molar-refractivity contribution >= 4 is 59.6 Å². The van der Waals surface area contributed by atoms with E-state index in [2.05, 4.69) is 35.0 Å². The molecule has 10 atom stereocenters. The molecule has 0 bridgehead atoms. The monoisotopic (exact) mass is 1010 g/mol. The molecular weight excluding hydrogens is 952 g/mol. The fraction of sp³-hybridized carbons (Fsp3) is 0.533. The quantitative estimate of drug-likeness (QED) is 0.0470. The van der Waals surface area contributed by atoms with E-state index < -0.39 is 87.3 Å². The number of ether oxygens (including phenoxy) is 3. The molecule has 0 radical (unpaired) electrons. The molecule has 1 unspecified atom stereocenters. The number of terminal acetylenes is 2. The Morgan fingerprint density at radius 3 is 1.77 bits per heavy atom. The number of anilines is 4. The Kier molecular flexibility index (Phi) is 15.1. The molecule has 8 N–H and O–H groups in total. The zero-order valence-corrected chi connectivity index (χ0v) is 39.6. The Balaban J connectivity index is 0.000000233. The molecular formula is C45H58F2N13O10P. The first-order valence-corrected chi connectivity index (χ1v) is 23.8. The number of alkyl halides is 2. The maximum Gasteiger partial charge on any atom is 0.459 e. The number of aromatic nitrogens is 8. The van der Waals surface area contributed by atoms with Gasteiger partial charge in [-0.05, 0) is 58.6 Å². The first-order chi connectivity index (χ1) is 33.2. The summed E-state index contributed by atoms with van der Waals surface area (Å²) in [5, 5.41) is 33.0. The highest BCUT2D eigenvalue weighted by Gasteiger charge is 2.59. The van der Waals surface area contributed by atoms with Gasteiger partial charge in [0.15, 0.2) is 46.4 Å². The van der Waals surface area contributed by atoms with Crippen molar-refractivity contribution in [1.29, 1.82) is 0 Å². The van der Waals surface area contributed by atoms with Crippen LogP contribution in [0.15, 0.2) is 43.0 Å². The minimum atomic E-state index is -4.35. The standard InChI is InChI=1S/C28H35FN7O7P.C16H19FN6O3.CH4/c1-6-28(29)22(37)20(14-40-44(39,43-19-10-8-7-9-11-19)34-17(4)25(38)41-16(2)3)42-26(28)36-15-31-21-23(35(5)18-12-13-18)32-27(30)33-24(21)36;1-3-16(17)11(25)9(6-24)26-14(16)23-7-19-10-12(22(2)8-4-5-8)20-15(18)21-13(10)23;/h1,7-11,15-18,20,22,26,37H,12-14H2,2-5H3,(H,34,39)(H2,30,32,33);1,7-9,11,14,24-25H,4-6H2,2H3,(H2,18,20,21);1H4/t17-,20+,22+,26+,28+,44?;9-,11-,14-,16-;/m01./s1. The summed E-state index contributed by atoms with van der Waals surface area (Å²) in [4.78, 5) is 42.0. The number of carbonyl (C=O) groups is 1. The van der Waals surface area contributed by atoms with Crippen molar-refractivity contribution in [3.63, 3.8) is 0 Å². The molecule has 5 aromatic rings. The van der Waals surface area contributed by atoms with E-state index in [-0.39, 0.29) is 42.4 Å². The van der Waals surface area contributed by atoms with Crippen molar-refractivity contribution in [2.75, 3.05) is 48.6 Å². The molecule has 4 fully saturated rings. The number of esters is 1. The van der Waals surface area contributed by atoms with Crippen LogP contribution in [0.4, 0.5) is 32.3 Å². The van der Waals surface area contributed by atoms with Crippen molar-refractivity contribution in [2.24, 2.45) is 0 Å². The van der Waals surface area contributed by atoms with Crippen molar-refractivity contribution in [3.05, 3.63) is 43.0 Å². The van der Waals surface area contributed by atoms with Gasteiger partial charge in [-0.15, -0.1) is 12.8 Å². The second-order valence-corrected chi connectivity index (χ2v) is 19.3. The zero-order valence-electron chi connectivity index (χ0n) is 38.7. The first kappa shape index (κ1) is 52.5. The van der Waals surface area contributed by atoms with E-state index in [1.165, 1.54) is 40.8 Å². The Morgan fingerprint density at radius 2 is 1.34 bits per heavy atom. The number of halogens is 2. The van der Waals surface area contributed by atoms with Gasteiger partial charge in [-0.3, -0.25) is 18.5 Å². The van der Waals surface area contributed by atoms with Crippen LogP contribution in [0, 0.1) is 24.7 Å². The molecule has 0 amide bonds. The molecule has 2 aliphatic heterocycles. The van der Waals surface area contributed by atoms with Crippen molar-refractivity contribution in [3.8, 4) is 30.4 Å². The number of hydrogen-bond donors (Lipinski definition) is 6. The van der Waals surface area contributed by atoms with Crippen LogP contribution in [-0.4, -0.2) is 148 Å². The molecule has 6 heterocycles. The number of fused-ring (bicyclic) bond motifs is 2. The molecule has 26 heteroatoms. The Labute approximate surface area is 407 Å². The van der Waals surface area contributed by atoms with Gasteiger partial charge in [-0.25, -0.2) is 23.3 Å². The van der Waals surface area contributed by atoms with E-state index in [9.17, 15) is 24.7 Å². The molecule has 2 saturated heterocycles. The third kappa shape index (κ3) is 10.3. The molecule has 4 aliphatic rings. The van der Waals surface area contributed by atoms with Crippen LogP contribution < -0.4 is 30.9 Å². The molecule has 2 aliphatic carbocycles. The van der Waals surface area contributed by atoms with Crippen LogP contribution in [0.25, 0.3) is 22.3 Å². The number of imidazole rings is 2. The summed E-state index contributed by atoms with van der Waals surface area (Å²) >= 11 is 0. The maximum atomic E-state index is 16.4. The van der Waals surface area contributed by atoms with E-state index in [0.717, 1.165) is 25.7 Å². The number of para-hydroxylation sites is 1. The molecule has 1 aromatic carbocycles. The van der Waals surface area contributed by atoms with Crippen LogP contribution >= 0.6 is 7.75 Å². The minimum Gasteiger partial charge on any atom is -0.462 e. The van der Waals surface area contributed by atoms with Crippen molar-refractivity contribution in [1.82, 2.24) is 44.1 Å². The minimum absolute atomic E-state index is 0. The fourth-order valence-electron chi connectivity index (χ4n) is 8.08. The number of nitrogens with zero attached hydrogens (tertiary/aromatic N) is 10. The van der Waals surface area contributed by atoms with E-state index in [1.807, 2.05) is 35.7 Å². The van der Waals surface area contributed by atoms with Gasteiger partial charge < -0.3 is 55.3 Å². The molecule has 2 saturated carbocycles. The average molecular weight is 1010 g/mol. The van der Waals surface area contributed by atoms with E-state index in [0.29, 0.717) is 28.7 Å². The lowest BCUT2D eigenvalue weighted by Gasteiger charge is -2.25. The van der Waals surface area contributed by atoms with Gasteiger partial charge in [0.2, 0.25) is 23.2 Å². The number of carbonyl (C=O) groups excluding carboxylic acids is 1. The highest BCUT2D eigenvalue weighted by Crippen LogP contribution is 2.49. The number of aliphatic hydroxyl groups is 3. The largest absolute Gasteiger partial charge is 0.462 e. The predicted octanol–water partition coefficient (Wildman–Crippen LogP) is 2.98. The lowest BCUT2D eigenvalue weighted by atomic mass is 9.97. The first-order valence-electron chi connectivity index (χ1n) is 22.3. The molecule has 4 aromatic heterocycles. The third-order valence-corrected chi connectivity index (χ3v) is 13.8. The summed E-state index contributed by atoms with van der Waals surface area (Å²) in [6, 6.07) is 7.59. The van der Waals surface area contributed by atoms with Crippen LogP contribution in [0.3, 0.4) is 0 Å². The van der Waals surface area contributed by atoms with Gasteiger partial charge in [0.1, 0.15) is 36.2 Å². The predicted molar refractivity (Wildman–Crippen MR) is 256 cm³/mol. The number of nitrogens with one attached hydrogen (secondary N) is 1. The van der Waals surface area contributed by atoms with E-state index in [1.54, 1.807) is 32.0 Å². The number of rotatable bonds is 16. The SMILES string of the molecule is C.C#C[C@@]1(F)[C@H](O)[C@@H](CO)O[C@H]1n1cnc2c(N(C)C3CC3)nc(N)nc21.C#C[C@@]1(F)[C@H](O)[C@@H](COP(=O)(N[C@@H](C)C(=O)OC(C)C)Oc2ccccc2)O[C@H]1n1cnc2c(N(C)C3CC3)nc(N)nc21. The summed E-state index contributed by atoms with van der Waals surface area (Å²) in [7, 11) is -0.607. The maximum absolute atomic E-state index is 16.4. The number of hydrogen-bond acceptors (Lipinski definition) is 20. The normalized spacial score (nSPS) is 27.2. The third-order valence-electron chi connectivity index (χ3n) is 12.2. The topological polar surface area (TPSA) is 299 Å². The lowest BCUT2D eigenvalue weighted by Crippen LogP contribution is -2.42. The lowest BCUT2D eigenvalue weighted by molar-refractivity contribution is -0.149. The van der Waals surface area contributed by atoms with Crippen LogP contribution in [0.2, 0.25) is 0 Å². The molecule has 382 valence electrons. The Hall–Kier alpha value is -6.28. The van der Waals surface area contributed by atoms with Crippen molar-refractivity contribution in [2.45, 2.75) is 126 Å². The second kappa shape index (κ2) is 20.4. The Bertz CT molecular complexity index is 2860. The van der Waals surface area contributed by atoms with Gasteiger partial charge in [0.25, 0.3) is 0 Å². The van der Waals surface area contributed by atoms with Gasteiger partial charge >= 0.3 is 13.7 Å². The fourth-order valence-corrected chi connectivity index (χ4v) is 9.58. The molecule has 0 spiro atoms. The van der Waals surface area contributed by atoms with E-state index in [4.69, 9.17) is 47.6 Å². The second-order valence-electron chi connectivity index (χ2n) is 17.6. The molecule has 9 rings (SSSR count). The summed E-state index contributed by atoms with van der Waals surface area (Å²) in [5.74, 6) is 4.35. The van der Waals surface area contributed by atoms with Gasteiger partial charge in [-0.1, -0.05) is 37.5 Å². The van der Waals surface area contributed by atoms with Crippen LogP contribution in [-0.2, 0) is 28.1 Å².